The SMILES string of the molecule is O=C(CN(c1ccccc1)S(=O)(=O)c1ccc(F)cc1)NCCN1CCOCC1. The van der Waals surface area contributed by atoms with Crippen LogP contribution in [0.4, 0.5) is 10.1 Å². The quantitative estimate of drug-likeness (QED) is 0.698. The van der Waals surface area contributed by atoms with Gasteiger partial charge in [-0.25, -0.2) is 12.8 Å². The molecule has 3 rings (SSSR count). The molecule has 0 spiro atoms. The van der Waals surface area contributed by atoms with Crippen LogP contribution in [0.5, 0.6) is 0 Å². The minimum absolute atomic E-state index is 0.0798. The summed E-state index contributed by atoms with van der Waals surface area (Å²) >= 11 is 0. The third-order valence-electron chi connectivity index (χ3n) is 4.59. The van der Waals surface area contributed by atoms with E-state index >= 15 is 0 Å². The summed E-state index contributed by atoms with van der Waals surface area (Å²) in [4.78, 5) is 14.6. The zero-order chi connectivity index (χ0) is 20.7. The average Bonchev–Trinajstić information content (AvgIpc) is 2.73. The molecule has 1 fully saturated rings. The van der Waals surface area contributed by atoms with Crippen molar-refractivity contribution in [2.75, 3.05) is 50.2 Å². The summed E-state index contributed by atoms with van der Waals surface area (Å²) in [5.74, 6) is -0.941. The van der Waals surface area contributed by atoms with E-state index in [2.05, 4.69) is 10.2 Å². The Hall–Kier alpha value is -2.49. The smallest absolute Gasteiger partial charge is 0.264 e. The van der Waals surface area contributed by atoms with Crippen molar-refractivity contribution in [1.82, 2.24) is 10.2 Å². The molecule has 1 amide bonds. The molecule has 1 saturated heterocycles. The Morgan fingerprint density at radius 2 is 1.72 bits per heavy atom. The van der Waals surface area contributed by atoms with E-state index in [9.17, 15) is 17.6 Å². The number of nitrogens with zero attached hydrogens (tertiary/aromatic N) is 2. The predicted octanol–water partition coefficient (Wildman–Crippen LogP) is 1.47. The summed E-state index contributed by atoms with van der Waals surface area (Å²) in [5, 5.41) is 2.78. The van der Waals surface area contributed by atoms with Crippen molar-refractivity contribution in [3.8, 4) is 0 Å². The summed E-state index contributed by atoms with van der Waals surface area (Å²) < 4.78 is 45.7. The third-order valence-corrected chi connectivity index (χ3v) is 6.38. The molecule has 2 aromatic carbocycles. The molecule has 2 aromatic rings. The molecule has 1 aliphatic rings. The molecule has 9 heteroatoms. The molecule has 7 nitrogen and oxygen atoms in total. The zero-order valence-electron chi connectivity index (χ0n) is 16.0. The second-order valence-electron chi connectivity index (χ2n) is 6.61. The minimum Gasteiger partial charge on any atom is -0.379 e. The van der Waals surface area contributed by atoms with Crippen LogP contribution in [0.15, 0.2) is 59.5 Å². The number of carbonyl (C=O) groups is 1. The van der Waals surface area contributed by atoms with Crippen LogP contribution in [-0.4, -0.2) is 65.2 Å². The number of carbonyl (C=O) groups excluding carboxylic acids is 1. The molecule has 29 heavy (non-hydrogen) atoms. The van der Waals surface area contributed by atoms with E-state index in [1.54, 1.807) is 30.3 Å². The largest absolute Gasteiger partial charge is 0.379 e. The van der Waals surface area contributed by atoms with Crippen molar-refractivity contribution < 1.29 is 22.3 Å². The number of anilines is 1. The maximum absolute atomic E-state index is 13.2. The van der Waals surface area contributed by atoms with Crippen LogP contribution in [0, 0.1) is 5.82 Å². The first kappa shape index (κ1) is 21.2. The number of amides is 1. The Morgan fingerprint density at radius 3 is 2.38 bits per heavy atom. The van der Waals surface area contributed by atoms with Gasteiger partial charge in [-0.2, -0.15) is 0 Å². The van der Waals surface area contributed by atoms with E-state index in [0.717, 1.165) is 29.5 Å². The Balaban J connectivity index is 1.70. The van der Waals surface area contributed by atoms with Crippen LogP contribution < -0.4 is 9.62 Å². The molecular formula is C20H24FN3O4S. The lowest BCUT2D eigenvalue weighted by molar-refractivity contribution is -0.119. The molecule has 0 unspecified atom stereocenters. The molecule has 0 atom stereocenters. The standard InChI is InChI=1S/C20H24FN3O4S/c21-17-6-8-19(9-7-17)29(26,27)24(18-4-2-1-3-5-18)16-20(25)22-10-11-23-12-14-28-15-13-23/h1-9H,10-16H2,(H,22,25). The number of benzene rings is 2. The van der Waals surface area contributed by atoms with Crippen LogP contribution in [-0.2, 0) is 19.6 Å². The van der Waals surface area contributed by atoms with Crippen molar-refractivity contribution in [3.63, 3.8) is 0 Å². The van der Waals surface area contributed by atoms with Crippen LogP contribution in [0.1, 0.15) is 0 Å². The van der Waals surface area contributed by atoms with Gasteiger partial charge in [-0.15, -0.1) is 0 Å². The molecule has 156 valence electrons. The van der Waals surface area contributed by atoms with Gasteiger partial charge in [-0.1, -0.05) is 18.2 Å². The number of sulfonamides is 1. The maximum atomic E-state index is 13.2. The normalized spacial score (nSPS) is 15.1. The fourth-order valence-corrected chi connectivity index (χ4v) is 4.43. The van der Waals surface area contributed by atoms with Gasteiger partial charge in [-0.3, -0.25) is 14.0 Å². The van der Waals surface area contributed by atoms with Gasteiger partial charge in [0.15, 0.2) is 0 Å². The Labute approximate surface area is 170 Å². The fraction of sp³-hybridized carbons (Fsp3) is 0.350. The van der Waals surface area contributed by atoms with Crippen LogP contribution in [0.3, 0.4) is 0 Å². The van der Waals surface area contributed by atoms with E-state index in [-0.39, 0.29) is 11.4 Å². The van der Waals surface area contributed by atoms with Gasteiger partial charge in [0.05, 0.1) is 23.8 Å². The van der Waals surface area contributed by atoms with Crippen molar-refractivity contribution in [2.24, 2.45) is 0 Å². The van der Waals surface area contributed by atoms with Crippen molar-refractivity contribution in [2.45, 2.75) is 4.90 Å². The molecule has 0 radical (unpaired) electrons. The number of halogens is 1. The van der Waals surface area contributed by atoms with Gasteiger partial charge >= 0.3 is 0 Å². The van der Waals surface area contributed by atoms with Gasteiger partial charge in [0.1, 0.15) is 12.4 Å². The van der Waals surface area contributed by atoms with Crippen molar-refractivity contribution >= 4 is 21.6 Å². The minimum atomic E-state index is -4.03. The highest BCUT2D eigenvalue weighted by Gasteiger charge is 2.27. The molecule has 1 heterocycles. The fourth-order valence-electron chi connectivity index (χ4n) is 3.01. The predicted molar refractivity (Wildman–Crippen MR) is 108 cm³/mol. The van der Waals surface area contributed by atoms with Gasteiger partial charge in [0.25, 0.3) is 10.0 Å². The lowest BCUT2D eigenvalue weighted by Crippen LogP contribution is -2.44. The number of morpholine rings is 1. The Kier molecular flexibility index (Phi) is 7.18. The second kappa shape index (κ2) is 9.82. The topological polar surface area (TPSA) is 79.0 Å². The zero-order valence-corrected chi connectivity index (χ0v) is 16.8. The first-order chi connectivity index (χ1) is 14.0. The van der Waals surface area contributed by atoms with Crippen LogP contribution in [0.2, 0.25) is 0 Å². The molecule has 0 aromatic heterocycles. The van der Waals surface area contributed by atoms with Gasteiger partial charge < -0.3 is 10.1 Å². The van der Waals surface area contributed by atoms with E-state index in [1.165, 1.54) is 12.1 Å². The second-order valence-corrected chi connectivity index (χ2v) is 8.47. The summed E-state index contributed by atoms with van der Waals surface area (Å²) in [5.41, 5.74) is 0.361. The summed E-state index contributed by atoms with van der Waals surface area (Å²) in [6.07, 6.45) is 0. The lowest BCUT2D eigenvalue weighted by Gasteiger charge is -2.27. The van der Waals surface area contributed by atoms with E-state index in [4.69, 9.17) is 4.74 Å². The first-order valence-corrected chi connectivity index (χ1v) is 10.8. The number of hydrogen-bond donors (Lipinski definition) is 1. The van der Waals surface area contributed by atoms with Crippen molar-refractivity contribution in [3.05, 3.63) is 60.4 Å². The van der Waals surface area contributed by atoms with Gasteiger partial charge in [0, 0.05) is 26.2 Å². The van der Waals surface area contributed by atoms with Crippen LogP contribution in [0.25, 0.3) is 0 Å². The highest BCUT2D eigenvalue weighted by atomic mass is 32.2. The number of para-hydroxylation sites is 1. The van der Waals surface area contributed by atoms with Crippen LogP contribution >= 0.6 is 0 Å². The highest BCUT2D eigenvalue weighted by Crippen LogP contribution is 2.23. The molecule has 0 saturated carbocycles. The van der Waals surface area contributed by atoms with Gasteiger partial charge in [-0.05, 0) is 36.4 Å². The van der Waals surface area contributed by atoms with E-state index in [1.807, 2.05) is 0 Å². The molecule has 0 bridgehead atoms. The third kappa shape index (κ3) is 5.75. The number of ether oxygens (including phenoxy) is 1. The molecule has 1 N–H and O–H groups in total. The highest BCUT2D eigenvalue weighted by molar-refractivity contribution is 7.92. The molecule has 0 aliphatic carbocycles. The first-order valence-electron chi connectivity index (χ1n) is 9.37. The Bertz CT molecular complexity index is 901. The number of hydrogen-bond acceptors (Lipinski definition) is 5. The van der Waals surface area contributed by atoms with E-state index < -0.39 is 21.7 Å². The van der Waals surface area contributed by atoms with Gasteiger partial charge in [0.2, 0.25) is 5.91 Å². The summed E-state index contributed by atoms with van der Waals surface area (Å²) in [6, 6.07) is 12.9. The van der Waals surface area contributed by atoms with E-state index in [0.29, 0.717) is 32.0 Å². The lowest BCUT2D eigenvalue weighted by atomic mass is 10.3. The average molecular weight is 421 g/mol. The monoisotopic (exact) mass is 421 g/mol. The number of rotatable bonds is 8. The number of nitrogens with one attached hydrogen (secondary N) is 1. The summed E-state index contributed by atoms with van der Waals surface area (Å²) in [6.45, 7) is 3.68. The maximum Gasteiger partial charge on any atom is 0.264 e. The van der Waals surface area contributed by atoms with Crippen molar-refractivity contribution in [1.29, 1.82) is 0 Å². The molecule has 1 aliphatic heterocycles. The Morgan fingerprint density at radius 1 is 1.07 bits per heavy atom. The molecular weight excluding hydrogens is 397 g/mol. The summed E-state index contributed by atoms with van der Waals surface area (Å²) in [7, 11) is -4.03.